The van der Waals surface area contributed by atoms with Gasteiger partial charge in [0.05, 0.1) is 0 Å². The molecule has 1 aromatic heterocycles. The topological polar surface area (TPSA) is 50.2 Å². The van der Waals surface area contributed by atoms with Crippen LogP contribution in [0.5, 0.6) is 0 Å². The third kappa shape index (κ3) is 1.62. The Bertz CT molecular complexity index is 374. The maximum absolute atomic E-state index is 10.7. The Kier molecular flexibility index (Phi) is 2.23. The van der Waals surface area contributed by atoms with E-state index in [-0.39, 0.29) is 5.69 Å². The second-order valence-electron chi connectivity index (χ2n) is 3.96. The van der Waals surface area contributed by atoms with Crippen molar-refractivity contribution in [1.29, 1.82) is 0 Å². The van der Waals surface area contributed by atoms with Crippen LogP contribution in [0.3, 0.4) is 0 Å². The van der Waals surface area contributed by atoms with Crippen LogP contribution in [0, 0.1) is 5.92 Å². The van der Waals surface area contributed by atoms with Gasteiger partial charge in [-0.25, -0.2) is 9.78 Å². The van der Waals surface area contributed by atoms with Crippen molar-refractivity contribution in [3.8, 4) is 0 Å². The van der Waals surface area contributed by atoms with E-state index in [2.05, 4.69) is 11.9 Å². The average molecular weight is 191 g/mol. The molecule has 1 N–H and O–H groups in total. The Labute approximate surface area is 82.8 Å². The van der Waals surface area contributed by atoms with Gasteiger partial charge >= 0.3 is 5.97 Å². The van der Waals surface area contributed by atoms with Crippen molar-refractivity contribution < 1.29 is 9.90 Å². The van der Waals surface area contributed by atoms with Gasteiger partial charge in [-0.2, -0.15) is 0 Å². The molecule has 0 saturated heterocycles. The number of carbonyl (C=O) groups is 1. The van der Waals surface area contributed by atoms with E-state index >= 15 is 0 Å². The van der Waals surface area contributed by atoms with E-state index in [9.17, 15) is 4.79 Å². The van der Waals surface area contributed by atoms with Gasteiger partial charge in [0, 0.05) is 5.69 Å². The van der Waals surface area contributed by atoms with E-state index in [1.807, 2.05) is 6.07 Å². The highest BCUT2D eigenvalue weighted by Gasteiger charge is 2.17. The molecule has 3 nitrogen and oxygen atoms in total. The molecule has 0 amide bonds. The number of aryl methyl sites for hydroxylation is 1. The molecule has 0 radical (unpaired) electrons. The van der Waals surface area contributed by atoms with Gasteiger partial charge in [-0.1, -0.05) is 13.0 Å². The summed E-state index contributed by atoms with van der Waals surface area (Å²) in [5.74, 6) is -0.244. The third-order valence-corrected chi connectivity index (χ3v) is 2.73. The van der Waals surface area contributed by atoms with E-state index in [1.165, 1.54) is 5.56 Å². The molecule has 1 unspecified atom stereocenters. The summed E-state index contributed by atoms with van der Waals surface area (Å²) < 4.78 is 0. The zero-order chi connectivity index (χ0) is 10.1. The number of aromatic carboxylic acids is 1. The van der Waals surface area contributed by atoms with Crippen LogP contribution in [0.4, 0.5) is 0 Å². The minimum absolute atomic E-state index is 0.165. The normalized spacial score (nSPS) is 20.2. The van der Waals surface area contributed by atoms with Crippen LogP contribution in [-0.2, 0) is 12.8 Å². The lowest BCUT2D eigenvalue weighted by molar-refractivity contribution is 0.0690. The number of hydrogen-bond donors (Lipinski definition) is 1. The van der Waals surface area contributed by atoms with Gasteiger partial charge in [0.25, 0.3) is 0 Å². The third-order valence-electron chi connectivity index (χ3n) is 2.73. The van der Waals surface area contributed by atoms with Gasteiger partial charge in [-0.05, 0) is 36.8 Å². The fourth-order valence-corrected chi connectivity index (χ4v) is 1.91. The molecule has 1 aliphatic rings. The molecule has 14 heavy (non-hydrogen) atoms. The van der Waals surface area contributed by atoms with E-state index in [0.717, 1.165) is 25.0 Å². The Balaban J connectivity index is 2.36. The molecule has 3 heteroatoms. The molecule has 0 aliphatic heterocycles. The molecule has 0 bridgehead atoms. The quantitative estimate of drug-likeness (QED) is 0.737. The zero-order valence-electron chi connectivity index (χ0n) is 8.16. The fourth-order valence-electron chi connectivity index (χ4n) is 1.91. The van der Waals surface area contributed by atoms with Crippen molar-refractivity contribution in [3.05, 3.63) is 29.1 Å². The number of aromatic nitrogens is 1. The van der Waals surface area contributed by atoms with E-state index in [0.29, 0.717) is 5.92 Å². The highest BCUT2D eigenvalue weighted by Crippen LogP contribution is 2.23. The first-order chi connectivity index (χ1) is 6.66. The first kappa shape index (κ1) is 9.19. The molecule has 2 rings (SSSR count). The largest absolute Gasteiger partial charge is 0.477 e. The number of carboxylic acids is 1. The van der Waals surface area contributed by atoms with E-state index < -0.39 is 5.97 Å². The van der Waals surface area contributed by atoms with Gasteiger partial charge in [0.15, 0.2) is 0 Å². The molecule has 0 aromatic carbocycles. The Hall–Kier alpha value is -1.38. The van der Waals surface area contributed by atoms with Crippen molar-refractivity contribution in [1.82, 2.24) is 4.98 Å². The van der Waals surface area contributed by atoms with Crippen LogP contribution < -0.4 is 0 Å². The molecule has 0 spiro atoms. The highest BCUT2D eigenvalue weighted by atomic mass is 16.4. The number of fused-ring (bicyclic) bond motifs is 1. The maximum atomic E-state index is 10.7. The summed E-state index contributed by atoms with van der Waals surface area (Å²) >= 11 is 0. The average Bonchev–Trinajstić information content (AvgIpc) is 2.16. The van der Waals surface area contributed by atoms with Crippen LogP contribution in [0.1, 0.15) is 35.1 Å². The van der Waals surface area contributed by atoms with Crippen molar-refractivity contribution in [2.75, 3.05) is 0 Å². The van der Waals surface area contributed by atoms with Gasteiger partial charge in [0.2, 0.25) is 0 Å². The smallest absolute Gasteiger partial charge is 0.354 e. The van der Waals surface area contributed by atoms with E-state index in [4.69, 9.17) is 5.11 Å². The summed E-state index contributed by atoms with van der Waals surface area (Å²) in [5.41, 5.74) is 2.36. The number of nitrogens with zero attached hydrogens (tertiary/aromatic N) is 1. The predicted octanol–water partition coefficient (Wildman–Crippen LogP) is 1.90. The molecule has 1 heterocycles. The van der Waals surface area contributed by atoms with Crippen LogP contribution in [0.25, 0.3) is 0 Å². The first-order valence-electron chi connectivity index (χ1n) is 4.89. The SMILES string of the molecule is CC1CCc2nc(C(=O)O)ccc2C1. The molecule has 0 saturated carbocycles. The van der Waals surface area contributed by atoms with Crippen LogP contribution in [0.2, 0.25) is 0 Å². The minimum Gasteiger partial charge on any atom is -0.477 e. The summed E-state index contributed by atoms with van der Waals surface area (Å²) in [6, 6.07) is 3.50. The number of pyridine rings is 1. The van der Waals surface area contributed by atoms with Crippen molar-refractivity contribution in [2.45, 2.75) is 26.2 Å². The minimum atomic E-state index is -0.938. The highest BCUT2D eigenvalue weighted by molar-refractivity contribution is 5.85. The second kappa shape index (κ2) is 3.40. The van der Waals surface area contributed by atoms with Gasteiger partial charge in [0.1, 0.15) is 5.69 Å². The Morgan fingerprint density at radius 3 is 3.07 bits per heavy atom. The summed E-state index contributed by atoms with van der Waals surface area (Å²) in [6.07, 6.45) is 3.06. The number of carboxylic acid groups (broad SMARTS) is 1. The summed E-state index contributed by atoms with van der Waals surface area (Å²) in [4.78, 5) is 14.8. The lowest BCUT2D eigenvalue weighted by Gasteiger charge is -2.20. The Morgan fingerprint density at radius 1 is 1.57 bits per heavy atom. The molecular weight excluding hydrogens is 178 g/mol. The van der Waals surface area contributed by atoms with Crippen molar-refractivity contribution in [3.63, 3.8) is 0 Å². The van der Waals surface area contributed by atoms with Gasteiger partial charge < -0.3 is 5.11 Å². The maximum Gasteiger partial charge on any atom is 0.354 e. The monoisotopic (exact) mass is 191 g/mol. The zero-order valence-corrected chi connectivity index (χ0v) is 8.16. The van der Waals surface area contributed by atoms with Crippen LogP contribution in [-0.4, -0.2) is 16.1 Å². The number of hydrogen-bond acceptors (Lipinski definition) is 2. The van der Waals surface area contributed by atoms with Crippen LogP contribution >= 0.6 is 0 Å². The lowest BCUT2D eigenvalue weighted by atomic mass is 9.88. The van der Waals surface area contributed by atoms with Crippen LogP contribution in [0.15, 0.2) is 12.1 Å². The summed E-state index contributed by atoms with van der Waals surface area (Å²) in [5, 5.41) is 8.78. The second-order valence-corrected chi connectivity index (χ2v) is 3.96. The molecule has 1 aromatic rings. The summed E-state index contributed by atoms with van der Waals surface area (Å²) in [6.45, 7) is 2.22. The standard InChI is InChI=1S/C11H13NO2/c1-7-2-4-9-8(6-7)3-5-10(12-9)11(13)14/h3,5,7H,2,4,6H2,1H3,(H,13,14). The molecular formula is C11H13NO2. The molecule has 74 valence electrons. The van der Waals surface area contributed by atoms with E-state index in [1.54, 1.807) is 6.07 Å². The number of rotatable bonds is 1. The van der Waals surface area contributed by atoms with Crippen molar-refractivity contribution in [2.24, 2.45) is 5.92 Å². The van der Waals surface area contributed by atoms with Crippen molar-refractivity contribution >= 4 is 5.97 Å². The predicted molar refractivity (Wildman–Crippen MR) is 52.4 cm³/mol. The molecule has 1 atom stereocenters. The molecule has 1 aliphatic carbocycles. The first-order valence-corrected chi connectivity index (χ1v) is 4.89. The fraction of sp³-hybridized carbons (Fsp3) is 0.455. The lowest BCUT2D eigenvalue weighted by Crippen LogP contribution is -2.14. The summed E-state index contributed by atoms with van der Waals surface area (Å²) in [7, 11) is 0. The van der Waals surface area contributed by atoms with Gasteiger partial charge in [-0.3, -0.25) is 0 Å². The Morgan fingerprint density at radius 2 is 2.36 bits per heavy atom. The van der Waals surface area contributed by atoms with Gasteiger partial charge in [-0.15, -0.1) is 0 Å². The molecule has 0 fully saturated rings.